The van der Waals surface area contributed by atoms with Crippen LogP contribution < -0.4 is 0 Å². The van der Waals surface area contributed by atoms with Crippen LogP contribution in [0.3, 0.4) is 0 Å². The number of nitrogens with zero attached hydrogens (tertiary/aromatic N) is 2. The van der Waals surface area contributed by atoms with E-state index in [2.05, 4.69) is 11.7 Å². The number of aryl methyl sites for hydroxylation is 1. The molecule has 72 valence electrons. The Morgan fingerprint density at radius 3 is 2.93 bits per heavy atom. The van der Waals surface area contributed by atoms with Crippen LogP contribution in [0.5, 0.6) is 0 Å². The normalized spacial score (nSPS) is 13.0. The van der Waals surface area contributed by atoms with E-state index in [0.717, 1.165) is 16.6 Å². The molecule has 0 aliphatic rings. The number of fused-ring (bicyclic) bond motifs is 1. The van der Waals surface area contributed by atoms with E-state index in [-0.39, 0.29) is 0 Å². The molecule has 2 rings (SSSR count). The van der Waals surface area contributed by atoms with Crippen molar-refractivity contribution >= 4 is 10.9 Å². The van der Waals surface area contributed by atoms with Crippen molar-refractivity contribution in [2.45, 2.75) is 6.10 Å². The number of aliphatic hydroxyl groups is 1. The van der Waals surface area contributed by atoms with Crippen molar-refractivity contribution in [2.24, 2.45) is 7.05 Å². The van der Waals surface area contributed by atoms with E-state index in [1.165, 1.54) is 6.08 Å². The van der Waals surface area contributed by atoms with Crippen LogP contribution in [0.15, 0.2) is 36.9 Å². The van der Waals surface area contributed by atoms with Crippen molar-refractivity contribution in [1.29, 1.82) is 0 Å². The first-order valence-corrected chi connectivity index (χ1v) is 4.46. The van der Waals surface area contributed by atoms with E-state index in [1.54, 1.807) is 4.68 Å². The number of benzene rings is 1. The Labute approximate surface area is 82.3 Å². The lowest BCUT2D eigenvalue weighted by molar-refractivity contribution is 0.220. The van der Waals surface area contributed by atoms with Gasteiger partial charge in [-0.25, -0.2) is 0 Å². The monoisotopic (exact) mass is 188 g/mol. The van der Waals surface area contributed by atoms with Gasteiger partial charge in [0, 0.05) is 12.4 Å². The summed E-state index contributed by atoms with van der Waals surface area (Å²) in [5.74, 6) is 0. The van der Waals surface area contributed by atoms with Gasteiger partial charge in [-0.3, -0.25) is 4.68 Å². The molecule has 1 heterocycles. The Kier molecular flexibility index (Phi) is 2.09. The van der Waals surface area contributed by atoms with Crippen LogP contribution in [-0.4, -0.2) is 14.9 Å². The highest BCUT2D eigenvalue weighted by Gasteiger charge is 2.13. The van der Waals surface area contributed by atoms with Gasteiger partial charge in [0.2, 0.25) is 0 Å². The molecule has 0 fully saturated rings. The molecule has 3 heteroatoms. The van der Waals surface area contributed by atoms with Crippen LogP contribution in [-0.2, 0) is 7.05 Å². The van der Waals surface area contributed by atoms with Gasteiger partial charge in [0.15, 0.2) is 0 Å². The van der Waals surface area contributed by atoms with Crippen LogP contribution >= 0.6 is 0 Å². The first-order valence-electron chi connectivity index (χ1n) is 4.46. The highest BCUT2D eigenvalue weighted by Crippen LogP contribution is 2.23. The molecule has 1 aromatic heterocycles. The summed E-state index contributed by atoms with van der Waals surface area (Å²) in [6.45, 7) is 3.57. The van der Waals surface area contributed by atoms with E-state index in [9.17, 15) is 5.11 Å². The third kappa shape index (κ3) is 1.22. The fraction of sp³-hybridized carbons (Fsp3) is 0.182. The molecule has 3 nitrogen and oxygen atoms in total. The predicted molar refractivity (Wildman–Crippen MR) is 55.9 cm³/mol. The quantitative estimate of drug-likeness (QED) is 0.730. The zero-order valence-corrected chi connectivity index (χ0v) is 8.01. The molecule has 1 unspecified atom stereocenters. The molecule has 0 spiro atoms. The van der Waals surface area contributed by atoms with Crippen LogP contribution in [0.1, 0.15) is 11.8 Å². The maximum Gasteiger partial charge on any atom is 0.114 e. The van der Waals surface area contributed by atoms with Gasteiger partial charge in [-0.1, -0.05) is 24.3 Å². The van der Waals surface area contributed by atoms with Crippen molar-refractivity contribution in [3.63, 3.8) is 0 Å². The minimum Gasteiger partial charge on any atom is -0.383 e. The SMILES string of the molecule is C=CC(O)c1c2ccccc2nn1C. The lowest BCUT2D eigenvalue weighted by atomic mass is 10.1. The van der Waals surface area contributed by atoms with Gasteiger partial charge in [0.25, 0.3) is 0 Å². The van der Waals surface area contributed by atoms with Crippen LogP contribution in [0, 0.1) is 0 Å². The molecule has 0 saturated heterocycles. The molecule has 0 bridgehead atoms. The minimum absolute atomic E-state index is 0.660. The topological polar surface area (TPSA) is 38.1 Å². The molecule has 0 amide bonds. The van der Waals surface area contributed by atoms with E-state index >= 15 is 0 Å². The number of rotatable bonds is 2. The molecule has 1 N–H and O–H groups in total. The second kappa shape index (κ2) is 3.27. The Bertz CT molecular complexity index is 473. The van der Waals surface area contributed by atoms with Gasteiger partial charge in [-0.05, 0) is 6.07 Å². The summed E-state index contributed by atoms with van der Waals surface area (Å²) in [5.41, 5.74) is 1.68. The lowest BCUT2D eigenvalue weighted by Crippen LogP contribution is -2.02. The summed E-state index contributed by atoms with van der Waals surface area (Å²) >= 11 is 0. The molecule has 0 aliphatic heterocycles. The molecule has 1 aromatic carbocycles. The first-order chi connectivity index (χ1) is 6.74. The highest BCUT2D eigenvalue weighted by atomic mass is 16.3. The smallest absolute Gasteiger partial charge is 0.114 e. The van der Waals surface area contributed by atoms with Crippen molar-refractivity contribution < 1.29 is 5.11 Å². The van der Waals surface area contributed by atoms with Gasteiger partial charge in [0.1, 0.15) is 6.10 Å². The van der Waals surface area contributed by atoms with Gasteiger partial charge in [-0.15, -0.1) is 6.58 Å². The molecule has 0 radical (unpaired) electrons. The van der Waals surface area contributed by atoms with Gasteiger partial charge in [0.05, 0.1) is 11.2 Å². The molecule has 0 saturated carbocycles. The Hall–Kier alpha value is -1.61. The predicted octanol–water partition coefficient (Wildman–Crippen LogP) is 1.79. The fourth-order valence-electron chi connectivity index (χ4n) is 1.63. The van der Waals surface area contributed by atoms with E-state index in [4.69, 9.17) is 0 Å². The summed E-state index contributed by atoms with van der Waals surface area (Å²) in [4.78, 5) is 0. The summed E-state index contributed by atoms with van der Waals surface area (Å²) in [7, 11) is 1.82. The third-order valence-corrected chi connectivity index (χ3v) is 2.29. The lowest BCUT2D eigenvalue weighted by Gasteiger charge is -2.05. The van der Waals surface area contributed by atoms with Crippen LogP contribution in [0.25, 0.3) is 10.9 Å². The standard InChI is InChI=1S/C11H12N2O/c1-3-10(14)11-8-6-4-5-7-9(8)12-13(11)2/h3-7,10,14H,1H2,2H3. The van der Waals surface area contributed by atoms with Gasteiger partial charge < -0.3 is 5.11 Å². The third-order valence-electron chi connectivity index (χ3n) is 2.29. The number of hydrogen-bond donors (Lipinski definition) is 1. The molecule has 14 heavy (non-hydrogen) atoms. The van der Waals surface area contributed by atoms with Crippen LogP contribution in [0.4, 0.5) is 0 Å². The zero-order chi connectivity index (χ0) is 10.1. The number of aromatic nitrogens is 2. The summed E-state index contributed by atoms with van der Waals surface area (Å²) < 4.78 is 1.69. The molecule has 1 atom stereocenters. The summed E-state index contributed by atoms with van der Waals surface area (Å²) in [6, 6.07) is 7.74. The minimum atomic E-state index is -0.660. The van der Waals surface area contributed by atoms with E-state index in [1.807, 2.05) is 31.3 Å². The van der Waals surface area contributed by atoms with Crippen molar-refractivity contribution in [3.05, 3.63) is 42.6 Å². The molecule has 2 aromatic rings. The Balaban J connectivity index is 2.73. The fourth-order valence-corrected chi connectivity index (χ4v) is 1.63. The summed E-state index contributed by atoms with van der Waals surface area (Å²) in [5, 5.41) is 15.0. The number of hydrogen-bond acceptors (Lipinski definition) is 2. The van der Waals surface area contributed by atoms with Crippen LogP contribution in [0.2, 0.25) is 0 Å². The molecular weight excluding hydrogens is 176 g/mol. The van der Waals surface area contributed by atoms with Gasteiger partial charge in [-0.2, -0.15) is 5.10 Å². The first kappa shape index (κ1) is 8.97. The van der Waals surface area contributed by atoms with Crippen molar-refractivity contribution in [2.75, 3.05) is 0 Å². The maximum atomic E-state index is 9.72. The average Bonchev–Trinajstić information content (AvgIpc) is 2.53. The average molecular weight is 188 g/mol. The Morgan fingerprint density at radius 2 is 2.21 bits per heavy atom. The van der Waals surface area contributed by atoms with Crippen molar-refractivity contribution in [3.8, 4) is 0 Å². The van der Waals surface area contributed by atoms with Gasteiger partial charge >= 0.3 is 0 Å². The second-order valence-corrected chi connectivity index (χ2v) is 3.21. The molecule has 0 aliphatic carbocycles. The van der Waals surface area contributed by atoms with E-state index < -0.39 is 6.10 Å². The largest absolute Gasteiger partial charge is 0.383 e. The van der Waals surface area contributed by atoms with E-state index in [0.29, 0.717) is 0 Å². The molecular formula is C11H12N2O. The number of aliphatic hydroxyl groups excluding tert-OH is 1. The zero-order valence-electron chi connectivity index (χ0n) is 8.01. The highest BCUT2D eigenvalue weighted by molar-refractivity contribution is 5.82. The second-order valence-electron chi connectivity index (χ2n) is 3.21. The summed E-state index contributed by atoms with van der Waals surface area (Å²) in [6.07, 6.45) is 0.844. The maximum absolute atomic E-state index is 9.72. The van der Waals surface area contributed by atoms with Crippen molar-refractivity contribution in [1.82, 2.24) is 9.78 Å². The Morgan fingerprint density at radius 1 is 1.50 bits per heavy atom.